The average molecular weight is 433 g/mol. The molecule has 162 valence electrons. The number of allylic oxidation sites excluding steroid dienone is 1. The van der Waals surface area contributed by atoms with Gasteiger partial charge in [0.25, 0.3) is 0 Å². The molecule has 1 aliphatic rings. The van der Waals surface area contributed by atoms with E-state index in [4.69, 9.17) is 16.2 Å². The largest absolute Gasteiger partial charge is 0.485 e. The molecule has 3 aromatic rings. The fourth-order valence-electron chi connectivity index (χ4n) is 3.46. The maximum Gasteiger partial charge on any atom is 0.229 e. The number of ether oxygens (including phenoxy) is 1. The predicted molar refractivity (Wildman–Crippen MR) is 116 cm³/mol. The van der Waals surface area contributed by atoms with E-state index >= 15 is 0 Å². The van der Waals surface area contributed by atoms with Gasteiger partial charge in [-0.15, -0.1) is 0 Å². The summed E-state index contributed by atoms with van der Waals surface area (Å²) in [5, 5.41) is 17.0. The maximum atomic E-state index is 14.0. The van der Waals surface area contributed by atoms with Crippen LogP contribution >= 0.6 is 0 Å². The highest BCUT2D eigenvalue weighted by Crippen LogP contribution is 2.34. The van der Waals surface area contributed by atoms with Gasteiger partial charge in [-0.05, 0) is 37.3 Å². The standard InChI is InChI=1S/C22H20FN7O2/c1-11(25)5-16-21(31)20-19(17(8-24)30(2)29-20)12-7-18(22(26)27-9-12)32-10-13-6-14(23)3-4-15(13)28-16/h3-7,9,11,28H,10,25H2,1-2H3,(H2,26,27)/b16-5-. The molecule has 2 bridgehead atoms. The molecule has 32 heavy (non-hydrogen) atoms. The first-order valence-electron chi connectivity index (χ1n) is 9.71. The number of benzene rings is 1. The molecule has 0 spiro atoms. The minimum absolute atomic E-state index is 0.0326. The second-order valence-electron chi connectivity index (χ2n) is 7.40. The third kappa shape index (κ3) is 3.77. The third-order valence-electron chi connectivity index (χ3n) is 4.93. The highest BCUT2D eigenvalue weighted by molar-refractivity contribution is 6.13. The van der Waals surface area contributed by atoms with Crippen LogP contribution in [0.4, 0.5) is 15.9 Å². The van der Waals surface area contributed by atoms with Crippen molar-refractivity contribution in [3.63, 3.8) is 0 Å². The van der Waals surface area contributed by atoms with Gasteiger partial charge < -0.3 is 21.5 Å². The van der Waals surface area contributed by atoms with Gasteiger partial charge in [0.1, 0.15) is 29.9 Å². The van der Waals surface area contributed by atoms with Gasteiger partial charge in [-0.1, -0.05) is 0 Å². The number of aromatic nitrogens is 3. The second kappa shape index (κ2) is 8.13. The van der Waals surface area contributed by atoms with Gasteiger partial charge >= 0.3 is 0 Å². The van der Waals surface area contributed by atoms with E-state index in [1.807, 2.05) is 0 Å². The van der Waals surface area contributed by atoms with E-state index in [2.05, 4.69) is 21.5 Å². The number of carbonyl (C=O) groups is 1. The molecule has 0 saturated carbocycles. The van der Waals surface area contributed by atoms with E-state index < -0.39 is 17.6 Å². The van der Waals surface area contributed by atoms with Crippen LogP contribution in [0.1, 0.15) is 28.7 Å². The molecule has 2 aromatic heterocycles. The summed E-state index contributed by atoms with van der Waals surface area (Å²) >= 11 is 0. The Morgan fingerprint density at radius 1 is 1.41 bits per heavy atom. The Labute approximate surface area is 183 Å². The lowest BCUT2D eigenvalue weighted by Gasteiger charge is -2.18. The summed E-state index contributed by atoms with van der Waals surface area (Å²) in [6.07, 6.45) is 2.98. The Bertz CT molecular complexity index is 1300. The Morgan fingerprint density at radius 2 is 2.19 bits per heavy atom. The molecule has 10 heteroatoms. The van der Waals surface area contributed by atoms with E-state index in [0.717, 1.165) is 0 Å². The zero-order valence-corrected chi connectivity index (χ0v) is 17.4. The van der Waals surface area contributed by atoms with E-state index in [1.165, 1.54) is 29.1 Å². The maximum absolute atomic E-state index is 14.0. The predicted octanol–water partition coefficient (Wildman–Crippen LogP) is 2.49. The average Bonchev–Trinajstić information content (AvgIpc) is 3.08. The molecule has 0 amide bonds. The van der Waals surface area contributed by atoms with Crippen LogP contribution in [-0.2, 0) is 13.7 Å². The number of rotatable bonds is 1. The molecule has 0 saturated heterocycles. The SMILES string of the molecule is CC(N)/C=C1\Nc2ccc(F)cc2COc2cc(cnc2N)-c2c(nn(C)c2C#N)C1=O. The molecule has 9 nitrogen and oxygen atoms in total. The number of anilines is 2. The molecule has 1 atom stereocenters. The molecule has 1 aromatic carbocycles. The van der Waals surface area contributed by atoms with Crippen LogP contribution in [0.5, 0.6) is 5.75 Å². The number of fused-ring (bicyclic) bond motifs is 5. The molecule has 0 aliphatic carbocycles. The summed E-state index contributed by atoms with van der Waals surface area (Å²) in [6.45, 7) is 1.67. The first-order chi connectivity index (χ1) is 15.3. The number of hydrogen-bond acceptors (Lipinski definition) is 8. The molecule has 0 radical (unpaired) electrons. The van der Waals surface area contributed by atoms with Crippen molar-refractivity contribution in [2.24, 2.45) is 12.8 Å². The zero-order chi connectivity index (χ0) is 23.0. The van der Waals surface area contributed by atoms with Crippen LogP contribution in [0.2, 0.25) is 0 Å². The number of Topliss-reactive ketones (excluding diaryl/α,β-unsaturated/α-hetero) is 1. The van der Waals surface area contributed by atoms with Crippen molar-refractivity contribution in [2.75, 3.05) is 11.1 Å². The van der Waals surface area contributed by atoms with Crippen LogP contribution < -0.4 is 21.5 Å². The molecule has 1 unspecified atom stereocenters. The fraction of sp³-hybridized carbons (Fsp3) is 0.182. The van der Waals surface area contributed by atoms with Gasteiger partial charge in [-0.3, -0.25) is 9.48 Å². The number of pyridine rings is 1. The molecule has 1 aliphatic heterocycles. The summed E-state index contributed by atoms with van der Waals surface area (Å²) in [5.41, 5.74) is 13.9. The molecular formula is C22H20FN7O2. The number of carbonyl (C=O) groups excluding carboxylic acids is 1. The van der Waals surface area contributed by atoms with Crippen molar-refractivity contribution >= 4 is 17.3 Å². The lowest BCUT2D eigenvalue weighted by Crippen LogP contribution is -2.20. The van der Waals surface area contributed by atoms with Crippen molar-refractivity contribution in [1.29, 1.82) is 5.26 Å². The number of halogens is 1. The van der Waals surface area contributed by atoms with E-state index in [9.17, 15) is 14.4 Å². The summed E-state index contributed by atoms with van der Waals surface area (Å²) < 4.78 is 21.1. The Hall–Kier alpha value is -4.23. The van der Waals surface area contributed by atoms with Gasteiger partial charge in [-0.25, -0.2) is 9.37 Å². The fourth-order valence-corrected chi connectivity index (χ4v) is 3.46. The minimum atomic E-state index is -0.482. The zero-order valence-electron chi connectivity index (χ0n) is 17.4. The lowest BCUT2D eigenvalue weighted by molar-refractivity contribution is 0.103. The van der Waals surface area contributed by atoms with Crippen molar-refractivity contribution in [3.8, 4) is 22.9 Å². The monoisotopic (exact) mass is 433 g/mol. The van der Waals surface area contributed by atoms with Crippen molar-refractivity contribution in [1.82, 2.24) is 14.8 Å². The molecular weight excluding hydrogens is 413 g/mol. The number of nitriles is 1. The number of ketones is 1. The number of aryl methyl sites for hydroxylation is 1. The van der Waals surface area contributed by atoms with Crippen molar-refractivity contribution in [2.45, 2.75) is 19.6 Å². The summed E-state index contributed by atoms with van der Waals surface area (Å²) in [7, 11) is 1.57. The first kappa shape index (κ1) is 21.0. The molecule has 3 heterocycles. The first-order valence-corrected chi connectivity index (χ1v) is 9.71. The number of nitrogen functional groups attached to an aromatic ring is 1. The third-order valence-corrected chi connectivity index (χ3v) is 4.93. The van der Waals surface area contributed by atoms with Crippen LogP contribution in [0.25, 0.3) is 11.1 Å². The molecule has 0 fully saturated rings. The summed E-state index contributed by atoms with van der Waals surface area (Å²) in [6, 6.07) is 7.26. The van der Waals surface area contributed by atoms with Gasteiger partial charge in [0.2, 0.25) is 5.78 Å². The number of nitrogens with zero attached hydrogens (tertiary/aromatic N) is 4. The molecule has 4 rings (SSSR count). The normalized spacial score (nSPS) is 15.3. The van der Waals surface area contributed by atoms with Crippen LogP contribution in [0.3, 0.4) is 0 Å². The number of hydrogen-bond donors (Lipinski definition) is 3. The highest BCUT2D eigenvalue weighted by atomic mass is 19.1. The Balaban J connectivity index is 2.01. The lowest BCUT2D eigenvalue weighted by atomic mass is 10.00. The topological polar surface area (TPSA) is 145 Å². The van der Waals surface area contributed by atoms with Crippen molar-refractivity contribution < 1.29 is 13.9 Å². The Kier molecular flexibility index (Phi) is 5.34. The quantitative estimate of drug-likeness (QED) is 0.496. The second-order valence-corrected chi connectivity index (χ2v) is 7.40. The van der Waals surface area contributed by atoms with Gasteiger partial charge in [0.15, 0.2) is 11.6 Å². The molecule has 5 N–H and O–H groups in total. The van der Waals surface area contributed by atoms with E-state index in [1.54, 1.807) is 26.1 Å². The minimum Gasteiger partial charge on any atom is -0.485 e. The number of nitrogens with one attached hydrogen (secondary N) is 1. The van der Waals surface area contributed by atoms with Gasteiger partial charge in [-0.2, -0.15) is 10.4 Å². The summed E-state index contributed by atoms with van der Waals surface area (Å²) in [5.74, 6) is -0.597. The van der Waals surface area contributed by atoms with Crippen molar-refractivity contribution in [3.05, 3.63) is 65.0 Å². The summed E-state index contributed by atoms with van der Waals surface area (Å²) in [4.78, 5) is 17.7. The van der Waals surface area contributed by atoms with Crippen LogP contribution in [-0.4, -0.2) is 26.6 Å². The van der Waals surface area contributed by atoms with Gasteiger partial charge in [0, 0.05) is 36.1 Å². The van der Waals surface area contributed by atoms with Gasteiger partial charge in [0.05, 0.1) is 11.3 Å². The van der Waals surface area contributed by atoms with E-state index in [-0.39, 0.29) is 35.3 Å². The van der Waals surface area contributed by atoms with E-state index in [0.29, 0.717) is 22.4 Å². The van der Waals surface area contributed by atoms with Crippen LogP contribution in [0.15, 0.2) is 42.2 Å². The van der Waals surface area contributed by atoms with Crippen LogP contribution in [0, 0.1) is 17.1 Å². The highest BCUT2D eigenvalue weighted by Gasteiger charge is 2.27. The smallest absolute Gasteiger partial charge is 0.229 e. The number of nitrogens with two attached hydrogens (primary N) is 2. The Morgan fingerprint density at radius 3 is 2.91 bits per heavy atom.